The van der Waals surface area contributed by atoms with Gasteiger partial charge < -0.3 is 15.2 Å². The van der Waals surface area contributed by atoms with E-state index in [-0.39, 0.29) is 0 Å². The van der Waals surface area contributed by atoms with Crippen molar-refractivity contribution in [2.24, 2.45) is 5.92 Å². The molecule has 0 aliphatic carbocycles. The van der Waals surface area contributed by atoms with Gasteiger partial charge in [0, 0.05) is 6.54 Å². The third-order valence-electron chi connectivity index (χ3n) is 2.72. The number of ether oxygens (including phenoxy) is 1. The highest BCUT2D eigenvalue weighted by Gasteiger charge is 2.17. The summed E-state index contributed by atoms with van der Waals surface area (Å²) in [7, 11) is 1.62. The molecule has 1 rings (SSSR count). The lowest BCUT2D eigenvalue weighted by molar-refractivity contribution is -0.140. The van der Waals surface area contributed by atoms with Gasteiger partial charge in [-0.3, -0.25) is 4.79 Å². The molecule has 0 bridgehead atoms. The van der Waals surface area contributed by atoms with Gasteiger partial charge in [0.05, 0.1) is 7.11 Å². The van der Waals surface area contributed by atoms with E-state index in [0.29, 0.717) is 18.9 Å². The third kappa shape index (κ3) is 4.75. The highest BCUT2D eigenvalue weighted by molar-refractivity contribution is 5.73. The van der Waals surface area contributed by atoms with Crippen LogP contribution in [0.5, 0.6) is 5.75 Å². The number of carboxylic acid groups (broad SMARTS) is 1. The molecule has 0 saturated carbocycles. The molecule has 4 nitrogen and oxygen atoms in total. The first-order valence-corrected chi connectivity index (χ1v) is 6.12. The quantitative estimate of drug-likeness (QED) is 0.780. The molecule has 0 unspecified atom stereocenters. The van der Waals surface area contributed by atoms with Gasteiger partial charge in [-0.2, -0.15) is 0 Å². The Balaban J connectivity index is 2.52. The van der Waals surface area contributed by atoms with E-state index in [1.165, 1.54) is 0 Å². The van der Waals surface area contributed by atoms with Crippen molar-refractivity contribution in [1.82, 2.24) is 5.32 Å². The topological polar surface area (TPSA) is 58.6 Å². The number of hydrogen-bond donors (Lipinski definition) is 2. The number of nitrogens with one attached hydrogen (secondary N) is 1. The Labute approximate surface area is 108 Å². The average molecular weight is 251 g/mol. The van der Waals surface area contributed by atoms with Crippen molar-refractivity contribution in [3.05, 3.63) is 29.8 Å². The first-order valence-electron chi connectivity index (χ1n) is 6.12. The fourth-order valence-corrected chi connectivity index (χ4v) is 1.73. The van der Waals surface area contributed by atoms with Crippen molar-refractivity contribution >= 4 is 5.97 Å². The smallest absolute Gasteiger partial charge is 0.320 e. The zero-order chi connectivity index (χ0) is 13.5. The first kappa shape index (κ1) is 14.5. The van der Waals surface area contributed by atoms with Crippen LogP contribution in [0.1, 0.15) is 25.8 Å². The number of aliphatic carboxylic acids is 1. The van der Waals surface area contributed by atoms with Crippen LogP contribution in [-0.2, 0) is 11.3 Å². The van der Waals surface area contributed by atoms with Crippen molar-refractivity contribution in [2.75, 3.05) is 7.11 Å². The van der Waals surface area contributed by atoms with Crippen LogP contribution in [0.2, 0.25) is 0 Å². The number of methoxy groups -OCH3 is 1. The van der Waals surface area contributed by atoms with E-state index in [2.05, 4.69) is 5.32 Å². The lowest BCUT2D eigenvalue weighted by Crippen LogP contribution is -2.37. The van der Waals surface area contributed by atoms with Crippen molar-refractivity contribution in [1.29, 1.82) is 0 Å². The van der Waals surface area contributed by atoms with Crippen LogP contribution in [0.15, 0.2) is 24.3 Å². The Bertz CT molecular complexity index is 373. The molecule has 100 valence electrons. The van der Waals surface area contributed by atoms with Crippen molar-refractivity contribution < 1.29 is 14.6 Å². The van der Waals surface area contributed by atoms with E-state index in [1.54, 1.807) is 7.11 Å². The second-order valence-electron chi connectivity index (χ2n) is 4.75. The second-order valence-corrected chi connectivity index (χ2v) is 4.75. The molecule has 0 aromatic heterocycles. The minimum absolute atomic E-state index is 0.356. The fraction of sp³-hybridized carbons (Fsp3) is 0.500. The van der Waals surface area contributed by atoms with Crippen LogP contribution < -0.4 is 10.1 Å². The standard InChI is InChI=1S/C14H21NO3/c1-10(2)8-13(14(16)17)15-9-11-4-6-12(18-3)7-5-11/h4-7,10,13,15H,8-9H2,1-3H3,(H,16,17)/t13-/m0/s1. The highest BCUT2D eigenvalue weighted by atomic mass is 16.5. The molecule has 0 saturated heterocycles. The van der Waals surface area contributed by atoms with Gasteiger partial charge in [-0.15, -0.1) is 0 Å². The molecule has 1 aromatic carbocycles. The minimum atomic E-state index is -0.794. The lowest BCUT2D eigenvalue weighted by Gasteiger charge is -2.16. The Morgan fingerprint density at radius 1 is 1.33 bits per heavy atom. The number of benzene rings is 1. The summed E-state index contributed by atoms with van der Waals surface area (Å²) in [5, 5.41) is 12.2. The fourth-order valence-electron chi connectivity index (χ4n) is 1.73. The number of rotatable bonds is 7. The van der Waals surface area contributed by atoms with Crippen LogP contribution in [0, 0.1) is 5.92 Å². The van der Waals surface area contributed by atoms with Gasteiger partial charge in [-0.1, -0.05) is 26.0 Å². The van der Waals surface area contributed by atoms with Crippen molar-refractivity contribution in [2.45, 2.75) is 32.9 Å². The monoisotopic (exact) mass is 251 g/mol. The molecule has 0 amide bonds. The molecule has 1 atom stereocenters. The first-order chi connectivity index (χ1) is 8.52. The molecular formula is C14H21NO3. The normalized spacial score (nSPS) is 12.4. The van der Waals surface area contributed by atoms with E-state index >= 15 is 0 Å². The van der Waals surface area contributed by atoms with E-state index in [1.807, 2.05) is 38.1 Å². The van der Waals surface area contributed by atoms with Gasteiger partial charge in [-0.25, -0.2) is 0 Å². The van der Waals surface area contributed by atoms with E-state index < -0.39 is 12.0 Å². The van der Waals surface area contributed by atoms with E-state index in [0.717, 1.165) is 11.3 Å². The maximum absolute atomic E-state index is 11.1. The molecule has 1 aromatic rings. The summed E-state index contributed by atoms with van der Waals surface area (Å²) in [6.45, 7) is 4.59. The Morgan fingerprint density at radius 3 is 2.39 bits per heavy atom. The third-order valence-corrected chi connectivity index (χ3v) is 2.72. The zero-order valence-corrected chi connectivity index (χ0v) is 11.1. The van der Waals surface area contributed by atoms with Gasteiger partial charge in [0.1, 0.15) is 11.8 Å². The molecule has 0 aliphatic heterocycles. The number of carboxylic acids is 1. The molecule has 18 heavy (non-hydrogen) atoms. The summed E-state index contributed by atoms with van der Waals surface area (Å²) in [5.41, 5.74) is 1.05. The summed E-state index contributed by atoms with van der Waals surface area (Å²) in [5.74, 6) is 0.363. The molecule has 0 radical (unpaired) electrons. The van der Waals surface area contributed by atoms with E-state index in [4.69, 9.17) is 9.84 Å². The second kappa shape index (κ2) is 7.01. The summed E-state index contributed by atoms with van der Waals surface area (Å²) < 4.78 is 5.07. The predicted molar refractivity (Wildman–Crippen MR) is 70.7 cm³/mol. The van der Waals surface area contributed by atoms with Crippen LogP contribution in [0.25, 0.3) is 0 Å². The summed E-state index contributed by atoms with van der Waals surface area (Å²) in [6.07, 6.45) is 0.630. The zero-order valence-electron chi connectivity index (χ0n) is 11.1. The SMILES string of the molecule is COc1ccc(CN[C@@H](CC(C)C)C(=O)O)cc1. The molecule has 4 heteroatoms. The summed E-state index contributed by atoms with van der Waals surface area (Å²) >= 11 is 0. The maximum Gasteiger partial charge on any atom is 0.320 e. The van der Waals surface area contributed by atoms with Crippen LogP contribution in [0.3, 0.4) is 0 Å². The van der Waals surface area contributed by atoms with Gasteiger partial charge in [0.25, 0.3) is 0 Å². The Morgan fingerprint density at radius 2 is 1.94 bits per heavy atom. The highest BCUT2D eigenvalue weighted by Crippen LogP contribution is 2.12. The average Bonchev–Trinajstić information content (AvgIpc) is 2.34. The Hall–Kier alpha value is -1.55. The van der Waals surface area contributed by atoms with Gasteiger partial charge in [0.15, 0.2) is 0 Å². The van der Waals surface area contributed by atoms with Gasteiger partial charge in [-0.05, 0) is 30.0 Å². The van der Waals surface area contributed by atoms with Crippen LogP contribution >= 0.6 is 0 Å². The maximum atomic E-state index is 11.1. The predicted octanol–water partition coefficient (Wildman–Crippen LogP) is 2.28. The summed E-state index contributed by atoms with van der Waals surface area (Å²) in [4.78, 5) is 11.1. The molecule has 2 N–H and O–H groups in total. The van der Waals surface area contributed by atoms with E-state index in [9.17, 15) is 4.79 Å². The lowest BCUT2D eigenvalue weighted by atomic mass is 10.0. The van der Waals surface area contributed by atoms with Gasteiger partial charge in [0.2, 0.25) is 0 Å². The van der Waals surface area contributed by atoms with Crippen molar-refractivity contribution in [3.8, 4) is 5.75 Å². The summed E-state index contributed by atoms with van der Waals surface area (Å²) in [6, 6.07) is 7.11. The molecule has 0 heterocycles. The van der Waals surface area contributed by atoms with Crippen LogP contribution in [0.4, 0.5) is 0 Å². The molecule has 0 aliphatic rings. The molecule has 0 fully saturated rings. The van der Waals surface area contributed by atoms with Crippen molar-refractivity contribution in [3.63, 3.8) is 0 Å². The molecule has 0 spiro atoms. The van der Waals surface area contributed by atoms with Crippen LogP contribution in [-0.4, -0.2) is 24.2 Å². The largest absolute Gasteiger partial charge is 0.497 e. The minimum Gasteiger partial charge on any atom is -0.497 e. The number of carbonyl (C=O) groups is 1. The van der Waals surface area contributed by atoms with Gasteiger partial charge >= 0.3 is 5.97 Å². The molecular weight excluding hydrogens is 230 g/mol. The Kier molecular flexibility index (Phi) is 5.65. The number of hydrogen-bond acceptors (Lipinski definition) is 3.